The lowest BCUT2D eigenvalue weighted by molar-refractivity contribution is -0.114. The van der Waals surface area contributed by atoms with Crippen LogP contribution in [-0.2, 0) is 14.8 Å². The minimum atomic E-state index is -3.98. The van der Waals surface area contributed by atoms with Crippen LogP contribution in [-0.4, -0.2) is 20.9 Å². The number of hydrogen-bond acceptors (Lipinski definition) is 3. The number of benzene rings is 3. The number of nitrogens with one attached hydrogen (secondary N) is 1. The predicted octanol–water partition coefficient (Wildman–Crippen LogP) is 5.61. The van der Waals surface area contributed by atoms with Crippen LogP contribution in [0.25, 0.3) is 0 Å². The van der Waals surface area contributed by atoms with Crippen LogP contribution < -0.4 is 9.62 Å². The van der Waals surface area contributed by atoms with Gasteiger partial charge in [0.25, 0.3) is 10.0 Å². The molecule has 1 N–H and O–H groups in total. The smallest absolute Gasteiger partial charge is 0.264 e. The Bertz CT molecular complexity index is 1160. The summed E-state index contributed by atoms with van der Waals surface area (Å²) in [5.74, 6) is -0.0711. The fraction of sp³-hybridized carbons (Fsp3) is 0.208. The van der Waals surface area contributed by atoms with E-state index in [9.17, 15) is 13.2 Å². The highest BCUT2D eigenvalue weighted by Crippen LogP contribution is 2.31. The van der Waals surface area contributed by atoms with Gasteiger partial charge in [0.05, 0.1) is 10.6 Å². The molecule has 0 unspecified atom stereocenters. The molecule has 1 amide bonds. The molecule has 0 saturated carbocycles. The third-order valence-corrected chi connectivity index (χ3v) is 7.17. The number of halogens is 1. The molecule has 0 radical (unpaired) electrons. The fourth-order valence-electron chi connectivity index (χ4n) is 3.17. The van der Waals surface area contributed by atoms with Crippen molar-refractivity contribution in [1.82, 2.24) is 0 Å². The number of amides is 1. The Labute approximate surface area is 188 Å². The first kappa shape index (κ1) is 22.8. The lowest BCUT2D eigenvalue weighted by atomic mass is 10.0. The molecule has 0 bridgehead atoms. The van der Waals surface area contributed by atoms with Crippen LogP contribution in [0.5, 0.6) is 0 Å². The fourth-order valence-corrected chi connectivity index (χ4v) is 4.84. The van der Waals surface area contributed by atoms with Gasteiger partial charge in [-0.05, 0) is 60.4 Å². The van der Waals surface area contributed by atoms with Gasteiger partial charge >= 0.3 is 0 Å². The van der Waals surface area contributed by atoms with Gasteiger partial charge in [-0.15, -0.1) is 0 Å². The zero-order chi connectivity index (χ0) is 22.6. The van der Waals surface area contributed by atoms with Gasteiger partial charge in [0.15, 0.2) is 0 Å². The van der Waals surface area contributed by atoms with Gasteiger partial charge in [0, 0.05) is 10.7 Å². The number of anilines is 2. The molecule has 3 aromatic rings. The summed E-state index contributed by atoms with van der Waals surface area (Å²) >= 11 is 6.24. The molecule has 0 heterocycles. The summed E-state index contributed by atoms with van der Waals surface area (Å²) < 4.78 is 27.9. The van der Waals surface area contributed by atoms with Gasteiger partial charge in [-0.1, -0.05) is 61.8 Å². The Kier molecular flexibility index (Phi) is 7.03. The summed E-state index contributed by atoms with van der Waals surface area (Å²) in [7, 11) is -3.98. The van der Waals surface area contributed by atoms with Crippen molar-refractivity contribution in [1.29, 1.82) is 0 Å². The minimum Gasteiger partial charge on any atom is -0.325 e. The highest BCUT2D eigenvalue weighted by molar-refractivity contribution is 7.92. The van der Waals surface area contributed by atoms with Crippen molar-refractivity contribution in [2.75, 3.05) is 16.2 Å². The molecule has 0 spiro atoms. The van der Waals surface area contributed by atoms with E-state index in [0.717, 1.165) is 9.87 Å². The molecule has 7 heteroatoms. The van der Waals surface area contributed by atoms with Crippen molar-refractivity contribution < 1.29 is 13.2 Å². The van der Waals surface area contributed by atoms with E-state index in [-0.39, 0.29) is 11.4 Å². The summed E-state index contributed by atoms with van der Waals surface area (Å²) in [5, 5.41) is 3.21. The normalized spacial score (nSPS) is 11.4. The van der Waals surface area contributed by atoms with Gasteiger partial charge < -0.3 is 5.32 Å². The molecule has 162 valence electrons. The predicted molar refractivity (Wildman–Crippen MR) is 126 cm³/mol. The second-order valence-corrected chi connectivity index (χ2v) is 9.80. The zero-order valence-electron chi connectivity index (χ0n) is 17.7. The molecule has 0 fully saturated rings. The van der Waals surface area contributed by atoms with Crippen LogP contribution in [0.15, 0.2) is 77.7 Å². The van der Waals surface area contributed by atoms with E-state index < -0.39 is 15.9 Å². The van der Waals surface area contributed by atoms with Gasteiger partial charge in [0.2, 0.25) is 5.91 Å². The highest BCUT2D eigenvalue weighted by atomic mass is 35.5. The van der Waals surface area contributed by atoms with E-state index in [4.69, 9.17) is 11.6 Å². The molecule has 3 aromatic carbocycles. The third kappa shape index (κ3) is 5.27. The van der Waals surface area contributed by atoms with Gasteiger partial charge in [-0.3, -0.25) is 9.10 Å². The summed E-state index contributed by atoms with van der Waals surface area (Å²) in [5.41, 5.74) is 2.70. The van der Waals surface area contributed by atoms with Crippen LogP contribution >= 0.6 is 11.6 Å². The van der Waals surface area contributed by atoms with E-state index in [1.807, 2.05) is 24.3 Å². The first-order valence-corrected chi connectivity index (χ1v) is 11.7. The van der Waals surface area contributed by atoms with E-state index in [1.165, 1.54) is 12.1 Å². The average molecular weight is 457 g/mol. The minimum absolute atomic E-state index is 0.100. The van der Waals surface area contributed by atoms with Crippen molar-refractivity contribution in [3.05, 3.63) is 88.9 Å². The maximum absolute atomic E-state index is 13.4. The molecule has 31 heavy (non-hydrogen) atoms. The molecule has 5 nitrogen and oxygen atoms in total. The van der Waals surface area contributed by atoms with Crippen molar-refractivity contribution in [3.63, 3.8) is 0 Å². The Morgan fingerprint density at radius 3 is 2.23 bits per heavy atom. The lowest BCUT2D eigenvalue weighted by Crippen LogP contribution is -2.38. The SMILES string of the molecule is Cc1c(Cl)cccc1N(CC(=O)Nc1ccc(C(C)C)cc1)S(=O)(=O)c1ccccc1. The molecular weight excluding hydrogens is 432 g/mol. The first-order valence-electron chi connectivity index (χ1n) is 9.93. The molecular formula is C24H25ClN2O3S. The largest absolute Gasteiger partial charge is 0.325 e. The Morgan fingerprint density at radius 1 is 0.968 bits per heavy atom. The lowest BCUT2D eigenvalue weighted by Gasteiger charge is -2.26. The maximum Gasteiger partial charge on any atom is 0.264 e. The molecule has 3 rings (SSSR count). The molecule has 0 aliphatic heterocycles. The van der Waals surface area contributed by atoms with E-state index in [0.29, 0.717) is 27.9 Å². The molecule has 0 aliphatic rings. The standard InChI is InChI=1S/C24H25ClN2O3S/c1-17(2)19-12-14-20(15-13-19)26-24(28)16-27(23-11-7-10-22(25)18(23)3)31(29,30)21-8-5-4-6-9-21/h4-15,17H,16H2,1-3H3,(H,26,28). The van der Waals surface area contributed by atoms with Gasteiger partial charge in [-0.2, -0.15) is 0 Å². The summed E-state index contributed by atoms with van der Waals surface area (Å²) in [6, 6.07) is 20.5. The van der Waals surface area contributed by atoms with Crippen molar-refractivity contribution in [2.45, 2.75) is 31.6 Å². The summed E-state index contributed by atoms with van der Waals surface area (Å²) in [6.07, 6.45) is 0. The number of nitrogens with zero attached hydrogens (tertiary/aromatic N) is 1. The molecule has 0 aromatic heterocycles. The van der Waals surface area contributed by atoms with Crippen molar-refractivity contribution >= 4 is 38.9 Å². The van der Waals surface area contributed by atoms with Crippen molar-refractivity contribution in [3.8, 4) is 0 Å². The van der Waals surface area contributed by atoms with Crippen LogP contribution in [0.4, 0.5) is 11.4 Å². The second-order valence-electron chi connectivity index (χ2n) is 7.53. The maximum atomic E-state index is 13.4. The number of rotatable bonds is 7. The second kappa shape index (κ2) is 9.54. The van der Waals surface area contributed by atoms with Crippen molar-refractivity contribution in [2.24, 2.45) is 0 Å². The van der Waals surface area contributed by atoms with Gasteiger partial charge in [-0.25, -0.2) is 8.42 Å². The molecule has 0 aliphatic carbocycles. The third-order valence-electron chi connectivity index (χ3n) is 4.99. The molecule has 0 atom stereocenters. The molecule has 0 saturated heterocycles. The Hall–Kier alpha value is -2.83. The van der Waals surface area contributed by atoms with Gasteiger partial charge in [0.1, 0.15) is 6.54 Å². The van der Waals surface area contributed by atoms with E-state index in [1.54, 1.807) is 43.3 Å². The Balaban J connectivity index is 1.93. The van der Waals surface area contributed by atoms with Crippen LogP contribution in [0.3, 0.4) is 0 Å². The summed E-state index contributed by atoms with van der Waals surface area (Å²) in [4.78, 5) is 12.9. The quantitative estimate of drug-likeness (QED) is 0.502. The number of sulfonamides is 1. The van der Waals surface area contributed by atoms with E-state index in [2.05, 4.69) is 19.2 Å². The van der Waals surface area contributed by atoms with Crippen LogP contribution in [0.2, 0.25) is 5.02 Å². The summed E-state index contributed by atoms with van der Waals surface area (Å²) in [6.45, 7) is 5.53. The zero-order valence-corrected chi connectivity index (χ0v) is 19.2. The number of hydrogen-bond donors (Lipinski definition) is 1. The van der Waals surface area contributed by atoms with E-state index >= 15 is 0 Å². The number of carbonyl (C=O) groups excluding carboxylic acids is 1. The average Bonchev–Trinajstić information content (AvgIpc) is 2.75. The van der Waals surface area contributed by atoms with Crippen LogP contribution in [0, 0.1) is 6.92 Å². The number of carbonyl (C=O) groups is 1. The van der Waals surface area contributed by atoms with Crippen LogP contribution in [0.1, 0.15) is 30.9 Å². The Morgan fingerprint density at radius 2 is 1.61 bits per heavy atom. The topological polar surface area (TPSA) is 66.5 Å². The highest BCUT2D eigenvalue weighted by Gasteiger charge is 2.28. The monoisotopic (exact) mass is 456 g/mol. The first-order chi connectivity index (χ1) is 14.7.